The van der Waals surface area contributed by atoms with Crippen molar-refractivity contribution in [2.45, 2.75) is 103 Å². The van der Waals surface area contributed by atoms with Crippen LogP contribution in [0, 0.1) is 0 Å². The van der Waals surface area contributed by atoms with Crippen LogP contribution in [0.5, 0.6) is 0 Å². The van der Waals surface area contributed by atoms with E-state index < -0.39 is 70.9 Å². The second kappa shape index (κ2) is 21.6. The molecule has 66 heavy (non-hydrogen) atoms. The van der Waals surface area contributed by atoms with E-state index in [0.29, 0.717) is 11.1 Å². The van der Waals surface area contributed by atoms with Crippen LogP contribution in [-0.2, 0) is 51.1 Å². The highest BCUT2D eigenvalue weighted by Crippen LogP contribution is 2.25. The standard InChI is InChI=1S/C54H58N4O8/c1-53(2,3)65-51(63)47(37-21-9-7-10-22-37)57-49(61)43(33-39-27-17-25-35-19-13-15-29-41(35)39)55-45(59)31-32-46(60)56-44(34-40-28-18-26-36-20-14-16-30-42(36)40)50(62)58-48(38-23-11-8-12-24-38)52(64)66-54(4,5)6/h7-30,43-44,47-48H,31-34H2,1-6H3,(H,55,59)(H,56,60)(H,57,61)(H,58,62). The highest BCUT2D eigenvalue weighted by Gasteiger charge is 2.34. The van der Waals surface area contributed by atoms with Gasteiger partial charge in [0.2, 0.25) is 23.6 Å². The van der Waals surface area contributed by atoms with Crippen LogP contribution in [-0.4, -0.2) is 58.9 Å². The van der Waals surface area contributed by atoms with Crippen LogP contribution in [0.2, 0.25) is 0 Å². The number of esters is 2. The van der Waals surface area contributed by atoms with E-state index in [1.165, 1.54) is 0 Å². The SMILES string of the molecule is CC(C)(C)OC(=O)C(NC(=O)C(Cc1cccc2ccccc12)NC(=O)CCC(=O)NC(Cc1cccc2ccccc12)C(=O)NC(C(=O)OC(C)(C)C)c1ccccc1)c1ccccc1. The second-order valence-electron chi connectivity index (χ2n) is 18.2. The van der Waals surface area contributed by atoms with E-state index >= 15 is 0 Å². The van der Waals surface area contributed by atoms with E-state index in [9.17, 15) is 28.8 Å². The van der Waals surface area contributed by atoms with E-state index in [1.807, 2.05) is 84.9 Å². The molecule has 342 valence electrons. The quantitative estimate of drug-likeness (QED) is 0.0670. The van der Waals surface area contributed by atoms with Crippen LogP contribution in [0.3, 0.4) is 0 Å². The Morgan fingerprint density at radius 3 is 1.12 bits per heavy atom. The number of benzene rings is 6. The first kappa shape index (κ1) is 48.1. The van der Waals surface area contributed by atoms with Crippen molar-refractivity contribution in [3.63, 3.8) is 0 Å². The van der Waals surface area contributed by atoms with Crippen molar-refractivity contribution in [1.29, 1.82) is 0 Å². The van der Waals surface area contributed by atoms with Crippen molar-refractivity contribution >= 4 is 57.1 Å². The minimum atomic E-state index is -1.18. The van der Waals surface area contributed by atoms with Gasteiger partial charge in [-0.1, -0.05) is 146 Å². The van der Waals surface area contributed by atoms with Crippen LogP contribution in [0.1, 0.15) is 88.7 Å². The first-order valence-corrected chi connectivity index (χ1v) is 22.1. The van der Waals surface area contributed by atoms with Gasteiger partial charge in [-0.25, -0.2) is 9.59 Å². The molecule has 12 nitrogen and oxygen atoms in total. The molecule has 0 radical (unpaired) electrons. The average Bonchev–Trinajstić information content (AvgIpc) is 3.28. The number of nitrogens with one attached hydrogen (secondary N) is 4. The molecule has 6 aromatic carbocycles. The predicted molar refractivity (Wildman–Crippen MR) is 255 cm³/mol. The van der Waals surface area contributed by atoms with Gasteiger partial charge < -0.3 is 30.7 Å². The minimum absolute atomic E-state index is 0.0639. The van der Waals surface area contributed by atoms with Crippen LogP contribution >= 0.6 is 0 Å². The van der Waals surface area contributed by atoms with Crippen molar-refractivity contribution in [2.75, 3.05) is 0 Å². The van der Waals surface area contributed by atoms with Crippen LogP contribution in [0.25, 0.3) is 21.5 Å². The lowest BCUT2D eigenvalue weighted by molar-refractivity contribution is -0.159. The largest absolute Gasteiger partial charge is 0.458 e. The number of hydrogen-bond acceptors (Lipinski definition) is 8. The van der Waals surface area contributed by atoms with Gasteiger partial charge in [-0.2, -0.15) is 0 Å². The molecule has 0 aromatic heterocycles. The number of carbonyl (C=O) groups excluding carboxylic acids is 6. The summed E-state index contributed by atoms with van der Waals surface area (Å²) >= 11 is 0. The first-order chi connectivity index (χ1) is 31.4. The lowest BCUT2D eigenvalue weighted by atomic mass is 9.97. The Bertz CT molecular complexity index is 2480. The smallest absolute Gasteiger partial charge is 0.333 e. The molecule has 0 aliphatic carbocycles. The number of amides is 4. The molecule has 6 rings (SSSR count). The van der Waals surface area contributed by atoms with E-state index in [4.69, 9.17) is 9.47 Å². The third-order valence-corrected chi connectivity index (χ3v) is 10.6. The second-order valence-corrected chi connectivity index (χ2v) is 18.2. The first-order valence-electron chi connectivity index (χ1n) is 22.1. The maximum absolute atomic E-state index is 14.3. The fourth-order valence-corrected chi connectivity index (χ4v) is 7.61. The summed E-state index contributed by atoms with van der Waals surface area (Å²) in [6.45, 7) is 10.4. The summed E-state index contributed by atoms with van der Waals surface area (Å²) in [7, 11) is 0. The molecule has 0 saturated carbocycles. The maximum atomic E-state index is 14.3. The van der Waals surface area contributed by atoms with Gasteiger partial charge >= 0.3 is 11.9 Å². The van der Waals surface area contributed by atoms with E-state index in [-0.39, 0.29) is 25.7 Å². The summed E-state index contributed by atoms with van der Waals surface area (Å²) in [6.07, 6.45) is -0.554. The van der Waals surface area contributed by atoms with Crippen molar-refractivity contribution in [3.8, 4) is 0 Å². The van der Waals surface area contributed by atoms with Gasteiger partial charge in [0.25, 0.3) is 0 Å². The molecule has 12 heteroatoms. The van der Waals surface area contributed by atoms with Crippen LogP contribution in [0.4, 0.5) is 0 Å². The predicted octanol–water partition coefficient (Wildman–Crippen LogP) is 7.93. The van der Waals surface area contributed by atoms with Gasteiger partial charge in [0.05, 0.1) is 0 Å². The summed E-state index contributed by atoms with van der Waals surface area (Å²) in [5, 5.41) is 15.0. The van der Waals surface area contributed by atoms with Crippen molar-refractivity contribution < 1.29 is 38.2 Å². The van der Waals surface area contributed by atoms with E-state index in [1.54, 1.807) is 102 Å². The Hall–Kier alpha value is -7.34. The Morgan fingerprint density at radius 2 is 0.758 bits per heavy atom. The number of ether oxygens (including phenoxy) is 2. The fourth-order valence-electron chi connectivity index (χ4n) is 7.61. The third-order valence-electron chi connectivity index (χ3n) is 10.6. The molecule has 4 amide bonds. The molecule has 4 N–H and O–H groups in total. The Labute approximate surface area is 385 Å². The van der Waals surface area contributed by atoms with Gasteiger partial charge in [0, 0.05) is 25.7 Å². The lowest BCUT2D eigenvalue weighted by Gasteiger charge is -2.27. The normalized spacial score (nSPS) is 13.4. The molecule has 0 saturated heterocycles. The molecule has 0 aliphatic rings. The Kier molecular flexibility index (Phi) is 15.7. The van der Waals surface area contributed by atoms with Crippen LogP contribution in [0.15, 0.2) is 146 Å². The third kappa shape index (κ3) is 13.6. The molecule has 0 aliphatic heterocycles. The van der Waals surface area contributed by atoms with E-state index in [0.717, 1.165) is 32.7 Å². The lowest BCUT2D eigenvalue weighted by Crippen LogP contribution is -2.51. The summed E-state index contributed by atoms with van der Waals surface area (Å²) < 4.78 is 11.4. The molecular weight excluding hydrogens is 833 g/mol. The van der Waals surface area contributed by atoms with Crippen molar-refractivity contribution in [2.24, 2.45) is 0 Å². The molecular formula is C54H58N4O8. The molecule has 6 aromatic rings. The molecule has 4 unspecified atom stereocenters. The summed E-state index contributed by atoms with van der Waals surface area (Å²) in [5.74, 6) is -3.82. The summed E-state index contributed by atoms with van der Waals surface area (Å²) in [6, 6.07) is 39.4. The summed E-state index contributed by atoms with van der Waals surface area (Å²) in [5.41, 5.74) is 0.861. The fraction of sp³-hybridized carbons (Fsp3) is 0.296. The maximum Gasteiger partial charge on any atom is 0.333 e. The summed E-state index contributed by atoms with van der Waals surface area (Å²) in [4.78, 5) is 83.5. The molecule has 4 atom stereocenters. The zero-order valence-corrected chi connectivity index (χ0v) is 38.3. The zero-order chi connectivity index (χ0) is 47.4. The highest BCUT2D eigenvalue weighted by atomic mass is 16.6. The monoisotopic (exact) mass is 890 g/mol. The van der Waals surface area contributed by atoms with Gasteiger partial charge in [-0.15, -0.1) is 0 Å². The number of carbonyl (C=O) groups is 6. The van der Waals surface area contributed by atoms with Crippen molar-refractivity contribution in [1.82, 2.24) is 21.3 Å². The van der Waals surface area contributed by atoms with Crippen LogP contribution < -0.4 is 21.3 Å². The van der Waals surface area contributed by atoms with Gasteiger partial charge in [0.15, 0.2) is 12.1 Å². The molecule has 0 spiro atoms. The molecule has 0 bridgehead atoms. The van der Waals surface area contributed by atoms with E-state index in [2.05, 4.69) is 21.3 Å². The highest BCUT2D eigenvalue weighted by molar-refractivity contribution is 5.95. The van der Waals surface area contributed by atoms with Gasteiger partial charge in [-0.3, -0.25) is 19.2 Å². The van der Waals surface area contributed by atoms with Crippen molar-refractivity contribution in [3.05, 3.63) is 168 Å². The Balaban J connectivity index is 1.22. The number of fused-ring (bicyclic) bond motifs is 2. The zero-order valence-electron chi connectivity index (χ0n) is 38.3. The molecule has 0 heterocycles. The van der Waals surface area contributed by atoms with Gasteiger partial charge in [0.1, 0.15) is 23.3 Å². The Morgan fingerprint density at radius 1 is 0.424 bits per heavy atom. The topological polar surface area (TPSA) is 169 Å². The average molecular weight is 891 g/mol. The van der Waals surface area contributed by atoms with Gasteiger partial charge in [-0.05, 0) is 85.3 Å². The number of rotatable bonds is 17. The number of hydrogen-bond donors (Lipinski definition) is 4. The minimum Gasteiger partial charge on any atom is -0.458 e. The molecule has 0 fully saturated rings.